The molecule has 0 heterocycles. The van der Waals surface area contributed by atoms with Gasteiger partial charge in [-0.05, 0) is 62.3 Å². The zero-order valence-electron chi connectivity index (χ0n) is 22.5. The highest BCUT2D eigenvalue weighted by Crippen LogP contribution is 2.70. The van der Waals surface area contributed by atoms with E-state index in [1.165, 1.54) is 30.4 Å². The van der Waals surface area contributed by atoms with Gasteiger partial charge in [-0.1, -0.05) is 37.1 Å². The van der Waals surface area contributed by atoms with Crippen molar-refractivity contribution >= 4 is 28.9 Å². The van der Waals surface area contributed by atoms with Crippen molar-refractivity contribution in [1.82, 2.24) is 0 Å². The molecule has 0 radical (unpaired) electrons. The van der Waals surface area contributed by atoms with Crippen LogP contribution in [0.25, 0.3) is 0 Å². The largest absolute Gasteiger partial charge is 0.390 e. The number of hydrogen-bond acceptors (Lipinski definition) is 8. The molecule has 0 bridgehead atoms. The third kappa shape index (κ3) is 3.80. The first-order chi connectivity index (χ1) is 18.6. The Bertz CT molecular complexity index is 1350. The third-order valence-corrected chi connectivity index (χ3v) is 10.6. The van der Waals surface area contributed by atoms with Crippen LogP contribution in [0.3, 0.4) is 0 Å². The van der Waals surface area contributed by atoms with E-state index in [0.29, 0.717) is 5.57 Å². The number of Topliss-reactive ketones (excluding diaryl/α,β-unsaturated/α-hetero) is 1. The molecule has 5 rings (SSSR count). The van der Waals surface area contributed by atoms with Crippen LogP contribution in [0.1, 0.15) is 45.6 Å². The van der Waals surface area contributed by atoms with Gasteiger partial charge in [0, 0.05) is 27.8 Å². The molecule has 9 nitrogen and oxygen atoms in total. The molecule has 4 aliphatic carbocycles. The number of hydrogen-bond donors (Lipinski definition) is 3. The van der Waals surface area contributed by atoms with E-state index in [1.807, 2.05) is 6.92 Å². The van der Waals surface area contributed by atoms with Crippen molar-refractivity contribution in [3.63, 3.8) is 0 Å². The second-order valence-electron chi connectivity index (χ2n) is 12.3. The van der Waals surface area contributed by atoms with E-state index < -0.39 is 63.5 Å². The topological polar surface area (TPSA) is 147 Å². The summed E-state index contributed by atoms with van der Waals surface area (Å²) in [5.74, 6) is -2.77. The number of aliphatic hydroxyl groups is 3. The molecule has 40 heavy (non-hydrogen) atoms. The first-order valence-electron chi connectivity index (χ1n) is 13.4. The maximum Gasteiger partial charge on any atom is 0.276 e. The Morgan fingerprint density at radius 2 is 1.93 bits per heavy atom. The van der Waals surface area contributed by atoms with Gasteiger partial charge in [0.15, 0.2) is 22.8 Å². The molecule has 0 aromatic heterocycles. The van der Waals surface area contributed by atoms with Crippen LogP contribution < -0.4 is 0 Å². The zero-order chi connectivity index (χ0) is 29.4. The fourth-order valence-electron chi connectivity index (χ4n) is 8.31. The van der Waals surface area contributed by atoms with Crippen molar-refractivity contribution < 1.29 is 39.0 Å². The van der Waals surface area contributed by atoms with Crippen LogP contribution in [0.2, 0.25) is 5.02 Å². The highest BCUT2D eigenvalue weighted by Gasteiger charge is 2.76. The maximum atomic E-state index is 17.4. The Kier molecular flexibility index (Phi) is 6.91. The van der Waals surface area contributed by atoms with Crippen molar-refractivity contribution in [3.05, 3.63) is 62.7 Å². The SMILES string of the molecule is CC1C[C@H]2[C@@H]3CC(O)[C@](O)(C(=O)COCc4ccc(Cl)cc4[N+](=O)[O-])[C@@]3(C)CC(O)[C@]2(F)[C@@]2(C)C=CC(=O)C=C12. The molecule has 0 aliphatic heterocycles. The Hall–Kier alpha value is -2.50. The van der Waals surface area contributed by atoms with Gasteiger partial charge in [0.25, 0.3) is 5.69 Å². The van der Waals surface area contributed by atoms with Crippen LogP contribution in [0.4, 0.5) is 10.1 Å². The van der Waals surface area contributed by atoms with Gasteiger partial charge in [0.05, 0.1) is 29.3 Å². The summed E-state index contributed by atoms with van der Waals surface area (Å²) in [4.78, 5) is 36.4. The molecular formula is C29H33ClFNO8. The van der Waals surface area contributed by atoms with Gasteiger partial charge in [0.1, 0.15) is 6.61 Å². The van der Waals surface area contributed by atoms with Gasteiger partial charge in [0.2, 0.25) is 0 Å². The average Bonchev–Trinajstić information content (AvgIpc) is 3.09. The number of aliphatic hydroxyl groups excluding tert-OH is 2. The Labute approximate surface area is 235 Å². The van der Waals surface area contributed by atoms with E-state index in [1.54, 1.807) is 13.8 Å². The molecule has 3 saturated carbocycles. The Balaban J connectivity index is 1.42. The van der Waals surface area contributed by atoms with Gasteiger partial charge in [-0.15, -0.1) is 0 Å². The van der Waals surface area contributed by atoms with Gasteiger partial charge < -0.3 is 20.1 Å². The van der Waals surface area contributed by atoms with Gasteiger partial charge in [-0.2, -0.15) is 0 Å². The Morgan fingerprint density at radius 3 is 2.60 bits per heavy atom. The predicted molar refractivity (Wildman–Crippen MR) is 142 cm³/mol. The summed E-state index contributed by atoms with van der Waals surface area (Å²) in [7, 11) is 0. The second-order valence-corrected chi connectivity index (χ2v) is 12.7. The van der Waals surface area contributed by atoms with E-state index in [9.17, 15) is 35.0 Å². The van der Waals surface area contributed by atoms with Crippen molar-refractivity contribution in [2.75, 3.05) is 6.61 Å². The molecule has 0 spiro atoms. The molecule has 3 unspecified atom stereocenters. The monoisotopic (exact) mass is 577 g/mol. The van der Waals surface area contributed by atoms with E-state index in [2.05, 4.69) is 0 Å². The average molecular weight is 578 g/mol. The smallest absolute Gasteiger partial charge is 0.276 e. The number of nitrogens with zero attached hydrogens (tertiary/aromatic N) is 1. The molecule has 216 valence electrons. The number of benzene rings is 1. The lowest BCUT2D eigenvalue weighted by atomic mass is 9.43. The summed E-state index contributed by atoms with van der Waals surface area (Å²) >= 11 is 5.85. The normalized spacial score (nSPS) is 42.0. The van der Waals surface area contributed by atoms with Gasteiger partial charge >= 0.3 is 0 Å². The molecule has 1 aromatic rings. The summed E-state index contributed by atoms with van der Waals surface area (Å²) in [6.07, 6.45) is 1.04. The number of fused-ring (bicyclic) bond motifs is 5. The van der Waals surface area contributed by atoms with E-state index in [4.69, 9.17) is 16.3 Å². The summed E-state index contributed by atoms with van der Waals surface area (Å²) < 4.78 is 22.8. The highest BCUT2D eigenvalue weighted by molar-refractivity contribution is 6.30. The number of ether oxygens (including phenoxy) is 1. The first kappa shape index (κ1) is 29.0. The van der Waals surface area contributed by atoms with Gasteiger partial charge in [-0.3, -0.25) is 19.7 Å². The minimum Gasteiger partial charge on any atom is -0.390 e. The minimum absolute atomic E-state index is 0.0606. The van der Waals surface area contributed by atoms with Gasteiger partial charge in [-0.25, -0.2) is 4.39 Å². The van der Waals surface area contributed by atoms with E-state index in [0.717, 1.165) is 6.07 Å². The number of allylic oxidation sites excluding steroid dienone is 4. The highest BCUT2D eigenvalue weighted by atomic mass is 35.5. The molecule has 0 amide bonds. The number of alkyl halides is 1. The lowest BCUT2D eigenvalue weighted by molar-refractivity contribution is -0.385. The van der Waals surface area contributed by atoms with Crippen molar-refractivity contribution in [3.8, 4) is 0 Å². The molecule has 4 aliphatic rings. The summed E-state index contributed by atoms with van der Waals surface area (Å²) in [5.41, 5.74) is -6.69. The summed E-state index contributed by atoms with van der Waals surface area (Å²) in [6, 6.07) is 4.02. The van der Waals surface area contributed by atoms with Crippen LogP contribution >= 0.6 is 11.6 Å². The molecule has 9 atom stereocenters. The standard InChI is InChI=1S/C29H33ClFNO8/c1-15-8-21-20-11-23(34)29(37,25(36)14-40-13-16-4-5-17(30)9-22(16)32(38)39)27(20,3)12-24(35)28(21,31)26(2)7-6-18(33)10-19(15)26/h4-7,9-10,15,20-21,23-24,34-35,37H,8,11-14H2,1-3H3/t15?,20-,21-,23?,24?,26-,27-,28-,29-/m0/s1. The summed E-state index contributed by atoms with van der Waals surface area (Å²) in [5, 5.41) is 45.9. The Morgan fingerprint density at radius 1 is 1.23 bits per heavy atom. The van der Waals surface area contributed by atoms with Crippen LogP contribution in [0.15, 0.2) is 42.0 Å². The number of nitro benzene ring substituents is 1. The van der Waals surface area contributed by atoms with Crippen LogP contribution in [0, 0.1) is 38.7 Å². The zero-order valence-corrected chi connectivity index (χ0v) is 23.2. The number of rotatable bonds is 6. The summed E-state index contributed by atoms with van der Waals surface area (Å²) in [6.45, 7) is 4.17. The molecule has 1 aromatic carbocycles. The molecule has 0 saturated heterocycles. The van der Waals surface area contributed by atoms with E-state index >= 15 is 4.39 Å². The van der Waals surface area contributed by atoms with Crippen LogP contribution in [0.5, 0.6) is 0 Å². The fraction of sp³-hybridized carbons (Fsp3) is 0.586. The maximum absolute atomic E-state index is 17.4. The van der Waals surface area contributed by atoms with Crippen LogP contribution in [-0.2, 0) is 20.9 Å². The first-order valence-corrected chi connectivity index (χ1v) is 13.8. The number of carbonyl (C=O) groups is 2. The number of nitro groups is 1. The quantitative estimate of drug-likeness (QED) is 0.343. The number of ketones is 2. The molecule has 11 heteroatoms. The molecule has 3 N–H and O–H groups in total. The lowest BCUT2D eigenvalue weighted by Crippen LogP contribution is -2.70. The molecular weight excluding hydrogens is 545 g/mol. The number of halogens is 2. The van der Waals surface area contributed by atoms with Crippen molar-refractivity contribution in [2.45, 2.75) is 70.1 Å². The second kappa shape index (κ2) is 9.52. The number of carbonyl (C=O) groups excluding carboxylic acids is 2. The molecule has 3 fully saturated rings. The fourth-order valence-corrected chi connectivity index (χ4v) is 8.48. The predicted octanol–water partition coefficient (Wildman–Crippen LogP) is 3.65. The third-order valence-electron chi connectivity index (χ3n) is 10.3. The van der Waals surface area contributed by atoms with Crippen molar-refractivity contribution in [1.29, 1.82) is 0 Å². The van der Waals surface area contributed by atoms with Crippen LogP contribution in [-0.4, -0.2) is 61.9 Å². The van der Waals surface area contributed by atoms with E-state index in [-0.39, 0.29) is 53.8 Å². The van der Waals surface area contributed by atoms with Crippen molar-refractivity contribution in [2.24, 2.45) is 28.6 Å². The minimum atomic E-state index is -2.34. The lowest BCUT2D eigenvalue weighted by Gasteiger charge is -2.63.